The average Bonchev–Trinajstić information content (AvgIpc) is 1.98. The average molecular weight is 161 g/mol. The van der Waals surface area contributed by atoms with Crippen LogP contribution < -0.4 is 5.73 Å². The van der Waals surface area contributed by atoms with Crippen LogP contribution in [0.15, 0.2) is 0 Å². The second kappa shape index (κ2) is 6.58. The molecule has 0 aromatic rings. The van der Waals surface area contributed by atoms with Crippen LogP contribution in [0.4, 0.5) is 0 Å². The smallest absolute Gasteiger partial charge is 0.0518 e. The van der Waals surface area contributed by atoms with Crippen LogP contribution in [0.3, 0.4) is 0 Å². The fourth-order valence-corrected chi connectivity index (χ4v) is 0.754. The maximum Gasteiger partial charge on any atom is 0.0518 e. The van der Waals surface area contributed by atoms with E-state index >= 15 is 0 Å². The first-order valence-corrected chi connectivity index (χ1v) is 4.13. The van der Waals surface area contributed by atoms with Gasteiger partial charge in [0.25, 0.3) is 0 Å². The highest BCUT2D eigenvalue weighted by atomic mass is 16.5. The summed E-state index contributed by atoms with van der Waals surface area (Å²) in [5.74, 6) is 0.203. The molecule has 1 unspecified atom stereocenters. The van der Waals surface area contributed by atoms with Crippen molar-refractivity contribution < 1.29 is 9.84 Å². The van der Waals surface area contributed by atoms with Crippen LogP contribution in [0.1, 0.15) is 20.3 Å². The van der Waals surface area contributed by atoms with Gasteiger partial charge in [0.15, 0.2) is 0 Å². The van der Waals surface area contributed by atoms with E-state index in [1.807, 2.05) is 13.8 Å². The lowest BCUT2D eigenvalue weighted by Gasteiger charge is -2.12. The highest BCUT2D eigenvalue weighted by molar-refractivity contribution is 4.57. The van der Waals surface area contributed by atoms with E-state index in [0.717, 1.165) is 6.42 Å². The van der Waals surface area contributed by atoms with Crippen molar-refractivity contribution in [3.63, 3.8) is 0 Å². The number of aliphatic hydroxyl groups excluding tert-OH is 1. The highest BCUT2D eigenvalue weighted by Gasteiger charge is 2.04. The molecule has 0 amide bonds. The zero-order chi connectivity index (χ0) is 8.69. The van der Waals surface area contributed by atoms with E-state index in [-0.39, 0.29) is 18.6 Å². The first-order valence-electron chi connectivity index (χ1n) is 4.13. The van der Waals surface area contributed by atoms with Crippen molar-refractivity contribution in [1.82, 2.24) is 0 Å². The summed E-state index contributed by atoms with van der Waals surface area (Å²) in [6, 6.07) is 0. The van der Waals surface area contributed by atoms with Crippen LogP contribution in [0.2, 0.25) is 0 Å². The standard InChI is InChI=1S/C8H19NO2/c1-7(2)11-4-3-8(5-9)6-10/h7-8,10H,3-6,9H2,1-2H3. The first-order chi connectivity index (χ1) is 5.20. The lowest BCUT2D eigenvalue weighted by Crippen LogP contribution is -2.20. The Morgan fingerprint density at radius 1 is 1.45 bits per heavy atom. The van der Waals surface area contributed by atoms with Crippen molar-refractivity contribution in [3.8, 4) is 0 Å². The Morgan fingerprint density at radius 2 is 2.09 bits per heavy atom. The van der Waals surface area contributed by atoms with Gasteiger partial charge in [-0.15, -0.1) is 0 Å². The number of hydrogen-bond donors (Lipinski definition) is 2. The van der Waals surface area contributed by atoms with Gasteiger partial charge in [-0.25, -0.2) is 0 Å². The minimum absolute atomic E-state index is 0.165. The van der Waals surface area contributed by atoms with E-state index in [0.29, 0.717) is 13.2 Å². The van der Waals surface area contributed by atoms with Crippen LogP contribution in [0.5, 0.6) is 0 Å². The van der Waals surface area contributed by atoms with E-state index in [1.54, 1.807) is 0 Å². The molecule has 0 aliphatic carbocycles. The van der Waals surface area contributed by atoms with E-state index < -0.39 is 0 Å². The van der Waals surface area contributed by atoms with Gasteiger partial charge in [-0.1, -0.05) is 0 Å². The maximum atomic E-state index is 8.76. The molecule has 0 aromatic heterocycles. The van der Waals surface area contributed by atoms with Gasteiger partial charge in [-0.05, 0) is 32.7 Å². The zero-order valence-electron chi connectivity index (χ0n) is 7.42. The van der Waals surface area contributed by atoms with Crippen molar-refractivity contribution in [3.05, 3.63) is 0 Å². The quantitative estimate of drug-likeness (QED) is 0.591. The Morgan fingerprint density at radius 3 is 2.45 bits per heavy atom. The molecule has 0 fully saturated rings. The Balaban J connectivity index is 3.21. The zero-order valence-corrected chi connectivity index (χ0v) is 7.42. The molecule has 3 heteroatoms. The summed E-state index contributed by atoms with van der Waals surface area (Å²) in [7, 11) is 0. The van der Waals surface area contributed by atoms with Gasteiger partial charge < -0.3 is 15.6 Å². The third kappa shape index (κ3) is 6.28. The van der Waals surface area contributed by atoms with Crippen LogP contribution in [0.25, 0.3) is 0 Å². The molecule has 0 saturated heterocycles. The minimum atomic E-state index is 0.165. The summed E-state index contributed by atoms with van der Waals surface area (Å²) in [4.78, 5) is 0. The predicted molar refractivity (Wildman–Crippen MR) is 45.3 cm³/mol. The molecule has 0 aliphatic rings. The molecule has 68 valence electrons. The Labute approximate surface area is 68.5 Å². The van der Waals surface area contributed by atoms with Gasteiger partial charge in [0.2, 0.25) is 0 Å². The van der Waals surface area contributed by atoms with Crippen molar-refractivity contribution in [2.45, 2.75) is 26.4 Å². The number of ether oxygens (including phenoxy) is 1. The third-order valence-corrected chi connectivity index (χ3v) is 1.57. The molecule has 3 N–H and O–H groups in total. The molecular weight excluding hydrogens is 142 g/mol. The molecule has 0 bridgehead atoms. The summed E-state index contributed by atoms with van der Waals surface area (Å²) in [5.41, 5.74) is 5.38. The Bertz CT molecular complexity index is 82.2. The van der Waals surface area contributed by atoms with E-state index in [4.69, 9.17) is 15.6 Å². The fourth-order valence-electron chi connectivity index (χ4n) is 0.754. The molecule has 0 aliphatic heterocycles. The molecule has 3 nitrogen and oxygen atoms in total. The molecule has 0 radical (unpaired) electrons. The van der Waals surface area contributed by atoms with Gasteiger partial charge in [0.05, 0.1) is 6.10 Å². The summed E-state index contributed by atoms with van der Waals surface area (Å²) in [6.45, 7) is 5.39. The Hall–Kier alpha value is -0.120. The van der Waals surface area contributed by atoms with Crippen molar-refractivity contribution >= 4 is 0 Å². The second-order valence-electron chi connectivity index (χ2n) is 2.99. The molecule has 1 atom stereocenters. The normalized spacial score (nSPS) is 13.9. The molecule has 0 saturated carbocycles. The van der Waals surface area contributed by atoms with Gasteiger partial charge in [-0.2, -0.15) is 0 Å². The fraction of sp³-hybridized carbons (Fsp3) is 1.00. The highest BCUT2D eigenvalue weighted by Crippen LogP contribution is 2.00. The molecule has 11 heavy (non-hydrogen) atoms. The molecule has 0 spiro atoms. The van der Waals surface area contributed by atoms with Gasteiger partial charge in [-0.3, -0.25) is 0 Å². The summed E-state index contributed by atoms with van der Waals surface area (Å²) in [5, 5.41) is 8.76. The summed E-state index contributed by atoms with van der Waals surface area (Å²) < 4.78 is 5.31. The largest absolute Gasteiger partial charge is 0.396 e. The molecule has 0 rings (SSSR count). The summed E-state index contributed by atoms with van der Waals surface area (Å²) >= 11 is 0. The van der Waals surface area contributed by atoms with Crippen LogP contribution in [-0.4, -0.2) is 31.0 Å². The number of rotatable bonds is 6. The van der Waals surface area contributed by atoms with Crippen LogP contribution in [0, 0.1) is 5.92 Å². The van der Waals surface area contributed by atoms with Crippen molar-refractivity contribution in [2.75, 3.05) is 19.8 Å². The van der Waals surface area contributed by atoms with Crippen LogP contribution >= 0.6 is 0 Å². The van der Waals surface area contributed by atoms with Gasteiger partial charge in [0, 0.05) is 13.2 Å². The second-order valence-corrected chi connectivity index (χ2v) is 2.99. The predicted octanol–water partition coefficient (Wildman–Crippen LogP) is 0.369. The number of aliphatic hydroxyl groups is 1. The topological polar surface area (TPSA) is 55.5 Å². The van der Waals surface area contributed by atoms with Gasteiger partial charge >= 0.3 is 0 Å². The summed E-state index contributed by atoms with van der Waals surface area (Å²) in [6.07, 6.45) is 1.12. The number of hydrogen-bond acceptors (Lipinski definition) is 3. The SMILES string of the molecule is CC(C)OCCC(CN)CO. The molecular formula is C8H19NO2. The van der Waals surface area contributed by atoms with Gasteiger partial charge in [0.1, 0.15) is 0 Å². The molecule has 0 heterocycles. The molecule has 0 aromatic carbocycles. The van der Waals surface area contributed by atoms with Crippen molar-refractivity contribution in [2.24, 2.45) is 11.7 Å². The number of nitrogens with two attached hydrogens (primary N) is 1. The van der Waals surface area contributed by atoms with E-state index in [2.05, 4.69) is 0 Å². The van der Waals surface area contributed by atoms with Crippen molar-refractivity contribution in [1.29, 1.82) is 0 Å². The first kappa shape index (κ1) is 10.9. The van der Waals surface area contributed by atoms with E-state index in [1.165, 1.54) is 0 Å². The van der Waals surface area contributed by atoms with E-state index in [9.17, 15) is 0 Å². The third-order valence-electron chi connectivity index (χ3n) is 1.57. The monoisotopic (exact) mass is 161 g/mol. The maximum absolute atomic E-state index is 8.76. The lowest BCUT2D eigenvalue weighted by molar-refractivity contribution is 0.0623. The Kier molecular flexibility index (Phi) is 6.51. The minimum Gasteiger partial charge on any atom is -0.396 e. The lowest BCUT2D eigenvalue weighted by atomic mass is 10.1. The van der Waals surface area contributed by atoms with Crippen LogP contribution in [-0.2, 0) is 4.74 Å².